The number of carbonyl (C=O) groups is 2. The Morgan fingerprint density at radius 1 is 1.14 bits per heavy atom. The fourth-order valence-electron chi connectivity index (χ4n) is 3.37. The molecule has 0 aliphatic rings. The first-order valence-electron chi connectivity index (χ1n) is 9.33. The van der Waals surface area contributed by atoms with Gasteiger partial charge in [0.15, 0.2) is 5.78 Å². The molecule has 0 aliphatic heterocycles. The van der Waals surface area contributed by atoms with E-state index in [1.807, 2.05) is 40.7 Å². The number of nitrogens with zero attached hydrogens (tertiary/aromatic N) is 1. The van der Waals surface area contributed by atoms with E-state index in [1.165, 1.54) is 4.90 Å². The molecule has 1 amide bonds. The number of aromatic amines is 1. The molecular formula is C22H27ClN2O3. The molecule has 0 spiro atoms. The van der Waals surface area contributed by atoms with Gasteiger partial charge in [0.2, 0.25) is 5.91 Å². The Kier molecular flexibility index (Phi) is 6.83. The summed E-state index contributed by atoms with van der Waals surface area (Å²) in [5.74, 6) is -0.324. The first-order chi connectivity index (χ1) is 13.0. The lowest BCUT2D eigenvalue weighted by molar-refractivity contribution is -0.121. The van der Waals surface area contributed by atoms with Crippen molar-refractivity contribution in [1.82, 2.24) is 4.98 Å². The van der Waals surface area contributed by atoms with Crippen molar-refractivity contribution in [2.24, 2.45) is 5.92 Å². The highest BCUT2D eigenvalue weighted by molar-refractivity contribution is 6.31. The molecule has 6 heteroatoms. The molecule has 0 saturated carbocycles. The van der Waals surface area contributed by atoms with E-state index >= 15 is 0 Å². The minimum atomic E-state index is -0.168. The molecule has 28 heavy (non-hydrogen) atoms. The lowest BCUT2D eigenvalue weighted by atomic mass is 9.96. The number of hydrogen-bond acceptors (Lipinski definition) is 3. The molecule has 150 valence electrons. The van der Waals surface area contributed by atoms with Gasteiger partial charge in [-0.1, -0.05) is 25.4 Å². The summed E-state index contributed by atoms with van der Waals surface area (Å²) in [6.45, 7) is 9.16. The maximum absolute atomic E-state index is 12.9. The molecule has 0 saturated heterocycles. The third-order valence-electron chi connectivity index (χ3n) is 4.93. The Bertz CT molecular complexity index is 976. The Morgan fingerprint density at radius 2 is 1.79 bits per heavy atom. The summed E-state index contributed by atoms with van der Waals surface area (Å²) in [6, 6.07) is 5.22. The van der Waals surface area contributed by atoms with E-state index in [1.54, 1.807) is 19.2 Å². The van der Waals surface area contributed by atoms with Gasteiger partial charge in [-0.2, -0.15) is 0 Å². The van der Waals surface area contributed by atoms with E-state index in [4.69, 9.17) is 11.6 Å². The predicted molar refractivity (Wildman–Crippen MR) is 114 cm³/mol. The van der Waals surface area contributed by atoms with Gasteiger partial charge >= 0.3 is 0 Å². The molecular weight excluding hydrogens is 376 g/mol. The Hall–Kier alpha value is -2.40. The number of hydrogen-bond donors (Lipinski definition) is 1. The molecule has 0 aliphatic carbocycles. The highest BCUT2D eigenvalue weighted by Gasteiger charge is 2.21. The van der Waals surface area contributed by atoms with Gasteiger partial charge in [0, 0.05) is 46.9 Å². The van der Waals surface area contributed by atoms with E-state index in [0.29, 0.717) is 33.8 Å². The van der Waals surface area contributed by atoms with Crippen molar-refractivity contribution in [3.8, 4) is 0 Å². The van der Waals surface area contributed by atoms with Crippen molar-refractivity contribution in [2.45, 2.75) is 47.5 Å². The Labute approximate surface area is 170 Å². The summed E-state index contributed by atoms with van der Waals surface area (Å²) >= 11 is 6.23. The second-order valence-corrected chi connectivity index (χ2v) is 7.95. The van der Waals surface area contributed by atoms with Crippen molar-refractivity contribution < 1.29 is 9.59 Å². The van der Waals surface area contributed by atoms with Gasteiger partial charge in [-0.15, -0.1) is 0 Å². The van der Waals surface area contributed by atoms with Crippen LogP contribution in [0.25, 0.3) is 0 Å². The third kappa shape index (κ3) is 4.71. The van der Waals surface area contributed by atoms with Crippen molar-refractivity contribution in [1.29, 1.82) is 0 Å². The SMILES string of the molecule is Cc1cc(C)c(CCC(=O)c2cc(Cl)cc(N(C)C(=O)C(C)C)c2C)c(=O)[nH]1. The molecule has 1 N–H and O–H groups in total. The van der Waals surface area contributed by atoms with Gasteiger partial charge in [-0.05, 0) is 56.5 Å². The van der Waals surface area contributed by atoms with Crippen molar-refractivity contribution >= 4 is 29.0 Å². The summed E-state index contributed by atoms with van der Waals surface area (Å²) in [4.78, 5) is 41.7. The number of aryl methyl sites for hydroxylation is 2. The normalized spacial score (nSPS) is 11.0. The smallest absolute Gasteiger partial charge is 0.251 e. The van der Waals surface area contributed by atoms with E-state index in [-0.39, 0.29) is 29.6 Å². The molecule has 0 atom stereocenters. The van der Waals surface area contributed by atoms with Crippen LogP contribution in [-0.4, -0.2) is 23.7 Å². The van der Waals surface area contributed by atoms with Crippen LogP contribution in [-0.2, 0) is 11.2 Å². The predicted octanol–water partition coefficient (Wildman–Crippen LogP) is 4.39. The molecule has 2 aromatic rings. The number of amides is 1. The second-order valence-electron chi connectivity index (χ2n) is 7.52. The molecule has 5 nitrogen and oxygen atoms in total. The summed E-state index contributed by atoms with van der Waals surface area (Å²) < 4.78 is 0. The molecule has 0 bridgehead atoms. The van der Waals surface area contributed by atoms with Crippen LogP contribution in [0, 0.1) is 26.7 Å². The zero-order chi connectivity index (χ0) is 21.2. The molecule has 0 radical (unpaired) electrons. The number of Topliss-reactive ketones (excluding diaryl/α,β-unsaturated/α-hetero) is 1. The lowest BCUT2D eigenvalue weighted by Crippen LogP contribution is -2.31. The molecule has 2 rings (SSSR count). The summed E-state index contributed by atoms with van der Waals surface area (Å²) in [5.41, 5.74) is 3.94. The first kappa shape index (κ1) is 21.9. The Balaban J connectivity index is 2.31. The van der Waals surface area contributed by atoms with E-state index < -0.39 is 0 Å². The maximum Gasteiger partial charge on any atom is 0.251 e. The van der Waals surface area contributed by atoms with Crippen LogP contribution < -0.4 is 10.5 Å². The number of benzene rings is 1. The van der Waals surface area contributed by atoms with Crippen LogP contribution in [0.4, 0.5) is 5.69 Å². The van der Waals surface area contributed by atoms with Gasteiger partial charge in [-0.3, -0.25) is 14.4 Å². The van der Waals surface area contributed by atoms with E-state index in [9.17, 15) is 14.4 Å². The van der Waals surface area contributed by atoms with Gasteiger partial charge < -0.3 is 9.88 Å². The number of carbonyl (C=O) groups excluding carboxylic acids is 2. The molecule has 1 aromatic carbocycles. The van der Waals surface area contributed by atoms with E-state index in [2.05, 4.69) is 4.98 Å². The number of aromatic nitrogens is 1. The summed E-state index contributed by atoms with van der Waals surface area (Å²) in [7, 11) is 1.68. The van der Waals surface area contributed by atoms with Crippen molar-refractivity contribution in [3.05, 3.63) is 61.5 Å². The highest BCUT2D eigenvalue weighted by atomic mass is 35.5. The molecule has 1 aromatic heterocycles. The zero-order valence-corrected chi connectivity index (χ0v) is 18.0. The topological polar surface area (TPSA) is 70.2 Å². The number of ketones is 1. The van der Waals surface area contributed by atoms with Gasteiger partial charge in [0.1, 0.15) is 0 Å². The maximum atomic E-state index is 12.9. The summed E-state index contributed by atoms with van der Waals surface area (Å²) in [5, 5.41) is 0.400. The number of halogens is 1. The third-order valence-corrected chi connectivity index (χ3v) is 5.15. The van der Waals surface area contributed by atoms with Crippen LogP contribution in [0.15, 0.2) is 23.0 Å². The van der Waals surface area contributed by atoms with Crippen LogP contribution in [0.1, 0.15) is 53.0 Å². The van der Waals surface area contributed by atoms with Crippen LogP contribution in [0.2, 0.25) is 5.02 Å². The fourth-order valence-corrected chi connectivity index (χ4v) is 3.59. The second kappa shape index (κ2) is 8.74. The van der Waals surface area contributed by atoms with Crippen molar-refractivity contribution in [3.63, 3.8) is 0 Å². The largest absolute Gasteiger partial charge is 0.326 e. The highest BCUT2D eigenvalue weighted by Crippen LogP contribution is 2.29. The van der Waals surface area contributed by atoms with Gasteiger partial charge in [-0.25, -0.2) is 0 Å². The minimum Gasteiger partial charge on any atom is -0.326 e. The van der Waals surface area contributed by atoms with Crippen LogP contribution >= 0.6 is 11.6 Å². The fraction of sp³-hybridized carbons (Fsp3) is 0.409. The Morgan fingerprint density at radius 3 is 2.36 bits per heavy atom. The number of rotatable bonds is 6. The number of anilines is 1. The van der Waals surface area contributed by atoms with Crippen LogP contribution in [0.3, 0.4) is 0 Å². The minimum absolute atomic E-state index is 0.0504. The number of H-pyrrole nitrogens is 1. The average molecular weight is 403 g/mol. The quantitative estimate of drug-likeness (QED) is 0.728. The monoisotopic (exact) mass is 402 g/mol. The number of pyridine rings is 1. The van der Waals surface area contributed by atoms with Gasteiger partial charge in [0.25, 0.3) is 5.56 Å². The summed E-state index contributed by atoms with van der Waals surface area (Å²) in [6.07, 6.45) is 0.539. The van der Waals surface area contributed by atoms with Crippen molar-refractivity contribution in [2.75, 3.05) is 11.9 Å². The van der Waals surface area contributed by atoms with Gasteiger partial charge in [0.05, 0.1) is 0 Å². The van der Waals surface area contributed by atoms with E-state index in [0.717, 1.165) is 11.3 Å². The molecule has 1 heterocycles. The average Bonchev–Trinajstić information content (AvgIpc) is 2.60. The standard InChI is InChI=1S/C22H27ClN2O3/c1-12(2)22(28)25(6)19-11-16(23)10-18(15(19)5)20(26)8-7-17-13(3)9-14(4)24-21(17)27/h9-12H,7-8H2,1-6H3,(H,24,27). The number of nitrogens with one attached hydrogen (secondary N) is 1. The molecule has 0 fully saturated rings. The zero-order valence-electron chi connectivity index (χ0n) is 17.3. The molecule has 0 unspecified atom stereocenters. The lowest BCUT2D eigenvalue weighted by Gasteiger charge is -2.23. The van der Waals surface area contributed by atoms with Crippen LogP contribution in [0.5, 0.6) is 0 Å². The first-order valence-corrected chi connectivity index (χ1v) is 9.71.